The van der Waals surface area contributed by atoms with E-state index in [4.69, 9.17) is 5.73 Å². The van der Waals surface area contributed by atoms with Gasteiger partial charge >= 0.3 is 0 Å². The largest absolute Gasteiger partial charge is 0.335 e. The van der Waals surface area contributed by atoms with Crippen LogP contribution in [-0.4, -0.2) is 63.4 Å². The fourth-order valence-electron chi connectivity index (χ4n) is 2.76. The van der Waals surface area contributed by atoms with Crippen molar-refractivity contribution in [2.45, 2.75) is 13.1 Å². The molecule has 2 heterocycles. The van der Waals surface area contributed by atoms with Gasteiger partial charge in [-0.2, -0.15) is 0 Å². The molecule has 1 amide bonds. The number of hydrogen-bond acceptors (Lipinski definition) is 5. The first-order valence-corrected chi connectivity index (χ1v) is 8.81. The van der Waals surface area contributed by atoms with Crippen LogP contribution in [0.3, 0.4) is 0 Å². The normalized spacial score (nSPS) is 15.7. The van der Waals surface area contributed by atoms with Gasteiger partial charge in [-0.15, -0.1) is 5.10 Å². The van der Waals surface area contributed by atoms with E-state index in [1.807, 2.05) is 4.90 Å². The van der Waals surface area contributed by atoms with Crippen molar-refractivity contribution < 1.29 is 4.79 Å². The van der Waals surface area contributed by atoms with E-state index in [2.05, 4.69) is 55.4 Å². The van der Waals surface area contributed by atoms with Gasteiger partial charge in [-0.05, 0) is 17.7 Å². The Hall–Kier alpha value is -1.77. The Labute approximate surface area is 149 Å². The van der Waals surface area contributed by atoms with Crippen LogP contribution >= 0.6 is 15.9 Å². The highest BCUT2D eigenvalue weighted by Crippen LogP contribution is 2.14. The molecule has 0 radical (unpaired) electrons. The van der Waals surface area contributed by atoms with E-state index in [9.17, 15) is 4.79 Å². The molecule has 1 aliphatic rings. The van der Waals surface area contributed by atoms with Gasteiger partial charge < -0.3 is 10.6 Å². The number of amides is 1. The Balaban J connectivity index is 1.52. The number of aromatic nitrogens is 3. The van der Waals surface area contributed by atoms with E-state index in [1.165, 1.54) is 5.56 Å². The summed E-state index contributed by atoms with van der Waals surface area (Å²) in [4.78, 5) is 16.7. The summed E-state index contributed by atoms with van der Waals surface area (Å²) >= 11 is 3.45. The molecule has 1 saturated heterocycles. The van der Waals surface area contributed by atoms with Crippen molar-refractivity contribution in [2.75, 3.05) is 32.7 Å². The summed E-state index contributed by atoms with van der Waals surface area (Å²) < 4.78 is 2.70. The first-order chi connectivity index (χ1) is 11.7. The van der Waals surface area contributed by atoms with Crippen LogP contribution in [0.4, 0.5) is 0 Å². The molecule has 1 aromatic heterocycles. The number of hydrogen-bond donors (Lipinski definition) is 1. The summed E-state index contributed by atoms with van der Waals surface area (Å²) in [7, 11) is 0. The van der Waals surface area contributed by atoms with Crippen LogP contribution in [-0.2, 0) is 13.1 Å². The van der Waals surface area contributed by atoms with Crippen LogP contribution < -0.4 is 5.73 Å². The molecule has 8 heteroatoms. The summed E-state index contributed by atoms with van der Waals surface area (Å²) in [6, 6.07) is 8.36. The zero-order chi connectivity index (χ0) is 16.9. The molecule has 0 aliphatic carbocycles. The lowest BCUT2D eigenvalue weighted by Gasteiger charge is -2.34. The zero-order valence-electron chi connectivity index (χ0n) is 13.4. The molecule has 0 unspecified atom stereocenters. The molecule has 0 spiro atoms. The number of halogens is 1. The van der Waals surface area contributed by atoms with Crippen LogP contribution in [0, 0.1) is 0 Å². The lowest BCUT2D eigenvalue weighted by Crippen LogP contribution is -2.48. The quantitative estimate of drug-likeness (QED) is 0.819. The summed E-state index contributed by atoms with van der Waals surface area (Å²) in [6.07, 6.45) is 1.67. The lowest BCUT2D eigenvalue weighted by atomic mass is 10.2. The van der Waals surface area contributed by atoms with Crippen LogP contribution in [0.1, 0.15) is 16.1 Å². The Kier molecular flexibility index (Phi) is 5.60. The Morgan fingerprint density at radius 1 is 1.17 bits per heavy atom. The predicted molar refractivity (Wildman–Crippen MR) is 94.4 cm³/mol. The molecule has 0 saturated carbocycles. The Morgan fingerprint density at radius 2 is 1.88 bits per heavy atom. The van der Waals surface area contributed by atoms with Crippen molar-refractivity contribution in [3.8, 4) is 0 Å². The van der Waals surface area contributed by atoms with Gasteiger partial charge in [-0.3, -0.25) is 14.4 Å². The SMILES string of the molecule is NCCn1cc(C(=O)N2CCN(Cc3ccc(Br)cc3)CC2)nn1. The molecule has 2 aromatic rings. The number of piperazine rings is 1. The maximum Gasteiger partial charge on any atom is 0.276 e. The molecule has 24 heavy (non-hydrogen) atoms. The van der Waals surface area contributed by atoms with Gasteiger partial charge in [0.05, 0.1) is 12.7 Å². The lowest BCUT2D eigenvalue weighted by molar-refractivity contribution is 0.0622. The second kappa shape index (κ2) is 7.87. The molecule has 7 nitrogen and oxygen atoms in total. The highest BCUT2D eigenvalue weighted by Gasteiger charge is 2.24. The third-order valence-electron chi connectivity index (χ3n) is 4.09. The van der Waals surface area contributed by atoms with Crippen molar-refractivity contribution in [1.82, 2.24) is 24.8 Å². The maximum atomic E-state index is 12.5. The van der Waals surface area contributed by atoms with Crippen molar-refractivity contribution in [1.29, 1.82) is 0 Å². The first-order valence-electron chi connectivity index (χ1n) is 8.02. The third kappa shape index (κ3) is 4.19. The molecular formula is C16H21BrN6O. The Morgan fingerprint density at radius 3 is 2.54 bits per heavy atom. The van der Waals surface area contributed by atoms with E-state index in [0.717, 1.165) is 24.1 Å². The molecule has 2 N–H and O–H groups in total. The fraction of sp³-hybridized carbons (Fsp3) is 0.438. The van der Waals surface area contributed by atoms with Crippen LogP contribution in [0.2, 0.25) is 0 Å². The van der Waals surface area contributed by atoms with E-state index >= 15 is 0 Å². The van der Waals surface area contributed by atoms with Gasteiger partial charge in [0, 0.05) is 43.7 Å². The highest BCUT2D eigenvalue weighted by atomic mass is 79.9. The zero-order valence-corrected chi connectivity index (χ0v) is 15.0. The fourth-order valence-corrected chi connectivity index (χ4v) is 3.02. The Bertz CT molecular complexity index is 678. The summed E-state index contributed by atoms with van der Waals surface area (Å²) in [5.41, 5.74) is 7.16. The summed E-state index contributed by atoms with van der Waals surface area (Å²) in [6.45, 7) is 5.09. The van der Waals surface area contributed by atoms with E-state index in [1.54, 1.807) is 10.9 Å². The molecule has 0 bridgehead atoms. The molecule has 3 rings (SSSR count). The average Bonchev–Trinajstić information content (AvgIpc) is 3.06. The third-order valence-corrected chi connectivity index (χ3v) is 4.62. The number of rotatable bonds is 5. The van der Waals surface area contributed by atoms with E-state index < -0.39 is 0 Å². The molecule has 1 aromatic carbocycles. The van der Waals surface area contributed by atoms with Gasteiger partial charge in [-0.25, -0.2) is 0 Å². The minimum Gasteiger partial charge on any atom is -0.335 e. The van der Waals surface area contributed by atoms with Gasteiger partial charge in [-0.1, -0.05) is 33.3 Å². The summed E-state index contributed by atoms with van der Waals surface area (Å²) in [5, 5.41) is 7.88. The number of benzene rings is 1. The predicted octanol–water partition coefficient (Wildman–Crippen LogP) is 0.957. The van der Waals surface area contributed by atoms with Crippen molar-refractivity contribution >= 4 is 21.8 Å². The van der Waals surface area contributed by atoms with Crippen LogP contribution in [0.15, 0.2) is 34.9 Å². The van der Waals surface area contributed by atoms with Gasteiger partial charge in [0.15, 0.2) is 5.69 Å². The monoisotopic (exact) mass is 392 g/mol. The summed E-state index contributed by atoms with van der Waals surface area (Å²) in [5.74, 6) is -0.0541. The molecule has 128 valence electrons. The molecule has 1 fully saturated rings. The number of carbonyl (C=O) groups excluding carboxylic acids is 1. The van der Waals surface area contributed by atoms with Gasteiger partial charge in [0.1, 0.15) is 0 Å². The number of nitrogens with zero attached hydrogens (tertiary/aromatic N) is 5. The highest BCUT2D eigenvalue weighted by molar-refractivity contribution is 9.10. The second-order valence-corrected chi connectivity index (χ2v) is 6.77. The van der Waals surface area contributed by atoms with Crippen molar-refractivity contribution in [3.05, 3.63) is 46.2 Å². The minimum absolute atomic E-state index is 0.0541. The molecule has 0 atom stereocenters. The van der Waals surface area contributed by atoms with E-state index in [0.29, 0.717) is 31.9 Å². The van der Waals surface area contributed by atoms with Gasteiger partial charge in [0.25, 0.3) is 5.91 Å². The van der Waals surface area contributed by atoms with Crippen molar-refractivity contribution in [3.63, 3.8) is 0 Å². The smallest absolute Gasteiger partial charge is 0.276 e. The first kappa shape index (κ1) is 17.1. The minimum atomic E-state index is -0.0541. The molecule has 1 aliphatic heterocycles. The van der Waals surface area contributed by atoms with E-state index in [-0.39, 0.29) is 5.91 Å². The second-order valence-electron chi connectivity index (χ2n) is 5.85. The van der Waals surface area contributed by atoms with Crippen LogP contribution in [0.5, 0.6) is 0 Å². The van der Waals surface area contributed by atoms with Gasteiger partial charge in [0.2, 0.25) is 0 Å². The number of carbonyl (C=O) groups is 1. The van der Waals surface area contributed by atoms with Crippen molar-refractivity contribution in [2.24, 2.45) is 5.73 Å². The average molecular weight is 393 g/mol. The molecular weight excluding hydrogens is 372 g/mol. The van der Waals surface area contributed by atoms with Crippen LogP contribution in [0.25, 0.3) is 0 Å². The number of nitrogens with two attached hydrogens (primary N) is 1. The standard InChI is InChI=1S/C16H21BrN6O/c17-14-3-1-13(2-4-14)11-21-7-9-22(10-8-21)16(24)15-12-23(6-5-18)20-19-15/h1-4,12H,5-11,18H2. The topological polar surface area (TPSA) is 80.3 Å². The maximum absolute atomic E-state index is 12.5.